The Balaban J connectivity index is 3.01. The van der Waals surface area contributed by atoms with Crippen molar-refractivity contribution in [3.05, 3.63) is 36.4 Å². The third kappa shape index (κ3) is 5.35. The smallest absolute Gasteiger partial charge is 0.165 e. The summed E-state index contributed by atoms with van der Waals surface area (Å²) in [6.07, 6.45) is 1.59. The highest BCUT2D eigenvalue weighted by atomic mass is 16.5. The zero-order valence-corrected chi connectivity index (χ0v) is 14.4. The molecule has 0 unspecified atom stereocenters. The van der Waals surface area contributed by atoms with Crippen molar-refractivity contribution in [2.45, 2.75) is 32.9 Å². The topological polar surface area (TPSA) is 41.9 Å². The van der Waals surface area contributed by atoms with Gasteiger partial charge in [0.15, 0.2) is 11.5 Å². The van der Waals surface area contributed by atoms with Crippen LogP contribution in [0.15, 0.2) is 30.9 Å². The average Bonchev–Trinajstić information content (AvgIpc) is 2.45. The fourth-order valence-corrected chi connectivity index (χ4v) is 2.54. The first-order chi connectivity index (χ1) is 10.3. The number of methoxy groups -OCH3 is 2. The van der Waals surface area contributed by atoms with Crippen molar-refractivity contribution in [2.75, 3.05) is 27.3 Å². The van der Waals surface area contributed by atoms with E-state index in [1.165, 1.54) is 0 Å². The lowest BCUT2D eigenvalue weighted by Crippen LogP contribution is -2.40. The second-order valence-corrected chi connectivity index (χ2v) is 6.28. The molecule has 0 bridgehead atoms. The van der Waals surface area contributed by atoms with E-state index in [0.29, 0.717) is 19.0 Å². The molecule has 1 aromatic rings. The van der Waals surface area contributed by atoms with Gasteiger partial charge in [0.1, 0.15) is 0 Å². The summed E-state index contributed by atoms with van der Waals surface area (Å²) in [5.41, 5.74) is 0.128. The van der Waals surface area contributed by atoms with Crippen LogP contribution in [0.2, 0.25) is 0 Å². The molecule has 0 fully saturated rings. The molecule has 0 radical (unpaired) electrons. The van der Waals surface area contributed by atoms with Crippen LogP contribution in [0.4, 0.5) is 0 Å². The molecule has 22 heavy (non-hydrogen) atoms. The summed E-state index contributed by atoms with van der Waals surface area (Å²) in [7, 11) is 3.28. The first-order valence-electron chi connectivity index (χ1n) is 7.61. The van der Waals surface area contributed by atoms with Gasteiger partial charge in [-0.1, -0.05) is 32.1 Å². The molecule has 0 aliphatic carbocycles. The molecule has 1 aromatic carbocycles. The maximum absolute atomic E-state index is 10.3. The fourth-order valence-electron chi connectivity index (χ4n) is 2.54. The van der Waals surface area contributed by atoms with Gasteiger partial charge in [-0.25, -0.2) is 0 Å². The molecular weight excluding hydrogens is 278 g/mol. The zero-order chi connectivity index (χ0) is 16.8. The predicted octanol–water partition coefficient (Wildman–Crippen LogP) is 3.10. The lowest BCUT2D eigenvalue weighted by molar-refractivity contribution is 0.0537. The molecule has 0 spiro atoms. The van der Waals surface area contributed by atoms with Crippen LogP contribution in [0, 0.1) is 5.92 Å². The molecule has 0 saturated heterocycles. The molecule has 4 nitrogen and oxygen atoms in total. The Hall–Kier alpha value is -1.52. The van der Waals surface area contributed by atoms with Crippen LogP contribution >= 0.6 is 0 Å². The molecule has 1 atom stereocenters. The van der Waals surface area contributed by atoms with E-state index in [1.807, 2.05) is 18.2 Å². The maximum Gasteiger partial charge on any atom is 0.165 e. The Morgan fingerprint density at radius 2 is 2.00 bits per heavy atom. The summed E-state index contributed by atoms with van der Waals surface area (Å²) in [4.78, 5) is 2.21. The number of benzene rings is 1. The van der Waals surface area contributed by atoms with Gasteiger partial charge in [0, 0.05) is 25.2 Å². The van der Waals surface area contributed by atoms with E-state index in [9.17, 15) is 5.11 Å². The lowest BCUT2D eigenvalue weighted by atomic mass is 10.0. The van der Waals surface area contributed by atoms with Crippen molar-refractivity contribution >= 4 is 0 Å². The summed E-state index contributed by atoms with van der Waals surface area (Å²) in [5, 5.41) is 10.3. The SMILES string of the molecule is C=C[C@](C)(O)CN(Cc1cccc(OC)c1OC)CC(C)C. The summed E-state index contributed by atoms with van der Waals surface area (Å²) >= 11 is 0. The summed E-state index contributed by atoms with van der Waals surface area (Å²) in [6.45, 7) is 11.9. The van der Waals surface area contributed by atoms with Gasteiger partial charge in [-0.05, 0) is 18.9 Å². The highest BCUT2D eigenvalue weighted by molar-refractivity contribution is 5.46. The van der Waals surface area contributed by atoms with E-state index in [1.54, 1.807) is 27.2 Å². The monoisotopic (exact) mass is 307 g/mol. The highest BCUT2D eigenvalue weighted by Crippen LogP contribution is 2.31. The van der Waals surface area contributed by atoms with E-state index in [-0.39, 0.29) is 0 Å². The number of hydrogen-bond donors (Lipinski definition) is 1. The highest BCUT2D eigenvalue weighted by Gasteiger charge is 2.22. The zero-order valence-electron chi connectivity index (χ0n) is 14.4. The Morgan fingerprint density at radius 1 is 1.32 bits per heavy atom. The van der Waals surface area contributed by atoms with Crippen molar-refractivity contribution in [2.24, 2.45) is 5.92 Å². The molecule has 4 heteroatoms. The van der Waals surface area contributed by atoms with E-state index < -0.39 is 5.60 Å². The first-order valence-corrected chi connectivity index (χ1v) is 7.61. The lowest BCUT2D eigenvalue weighted by Gasteiger charge is -2.31. The quantitative estimate of drug-likeness (QED) is 0.712. The van der Waals surface area contributed by atoms with Crippen molar-refractivity contribution in [1.29, 1.82) is 0 Å². The number of nitrogens with zero attached hydrogens (tertiary/aromatic N) is 1. The molecule has 0 aromatic heterocycles. The Labute approximate surface area is 134 Å². The van der Waals surface area contributed by atoms with Crippen molar-refractivity contribution < 1.29 is 14.6 Å². The minimum atomic E-state index is -0.916. The van der Waals surface area contributed by atoms with Gasteiger partial charge in [0.25, 0.3) is 0 Å². The number of ether oxygens (including phenoxy) is 2. The number of hydrogen-bond acceptors (Lipinski definition) is 4. The molecule has 0 heterocycles. The summed E-state index contributed by atoms with van der Waals surface area (Å²) in [6, 6.07) is 5.86. The first kappa shape index (κ1) is 18.5. The molecule has 0 saturated carbocycles. The molecule has 124 valence electrons. The van der Waals surface area contributed by atoms with Crippen LogP contribution in [-0.4, -0.2) is 42.9 Å². The standard InChI is InChI=1S/C18H29NO3/c1-7-18(4,20)13-19(11-14(2)3)12-15-9-8-10-16(21-5)17(15)22-6/h7-10,14,20H,1,11-13H2,2-6H3/t18-/m0/s1. The van der Waals surface area contributed by atoms with Crippen LogP contribution in [0.1, 0.15) is 26.3 Å². The second-order valence-electron chi connectivity index (χ2n) is 6.28. The van der Waals surface area contributed by atoms with Crippen molar-refractivity contribution in [3.63, 3.8) is 0 Å². The summed E-state index contributed by atoms with van der Waals surface area (Å²) < 4.78 is 10.8. The third-order valence-electron chi connectivity index (χ3n) is 3.49. The number of aliphatic hydroxyl groups is 1. The van der Waals surface area contributed by atoms with Gasteiger partial charge in [-0.3, -0.25) is 4.90 Å². The minimum Gasteiger partial charge on any atom is -0.493 e. The van der Waals surface area contributed by atoms with E-state index in [2.05, 4.69) is 25.3 Å². The van der Waals surface area contributed by atoms with Crippen molar-refractivity contribution in [1.82, 2.24) is 4.90 Å². The van der Waals surface area contributed by atoms with Crippen molar-refractivity contribution in [3.8, 4) is 11.5 Å². The van der Waals surface area contributed by atoms with Crippen LogP contribution < -0.4 is 9.47 Å². The van der Waals surface area contributed by atoms with Gasteiger partial charge in [-0.2, -0.15) is 0 Å². The Bertz CT molecular complexity index is 483. The van der Waals surface area contributed by atoms with Crippen LogP contribution in [-0.2, 0) is 6.54 Å². The fraction of sp³-hybridized carbons (Fsp3) is 0.556. The normalized spacial score (nSPS) is 14.0. The van der Waals surface area contributed by atoms with Crippen LogP contribution in [0.25, 0.3) is 0 Å². The van der Waals surface area contributed by atoms with Gasteiger partial charge in [0.05, 0.1) is 19.8 Å². The predicted molar refractivity (Wildman–Crippen MR) is 90.5 cm³/mol. The largest absolute Gasteiger partial charge is 0.493 e. The molecule has 1 N–H and O–H groups in total. The van der Waals surface area contributed by atoms with Gasteiger partial charge in [0.2, 0.25) is 0 Å². The van der Waals surface area contributed by atoms with Crippen LogP contribution in [0.5, 0.6) is 11.5 Å². The Morgan fingerprint density at radius 3 is 2.50 bits per heavy atom. The van der Waals surface area contributed by atoms with E-state index in [4.69, 9.17) is 9.47 Å². The van der Waals surface area contributed by atoms with Gasteiger partial charge < -0.3 is 14.6 Å². The van der Waals surface area contributed by atoms with Gasteiger partial charge >= 0.3 is 0 Å². The van der Waals surface area contributed by atoms with Crippen LogP contribution in [0.3, 0.4) is 0 Å². The molecule has 0 aliphatic rings. The molecule has 0 amide bonds. The van der Waals surface area contributed by atoms with E-state index >= 15 is 0 Å². The number of rotatable bonds is 9. The van der Waals surface area contributed by atoms with E-state index in [0.717, 1.165) is 23.6 Å². The second kappa shape index (κ2) is 8.20. The molecule has 1 rings (SSSR count). The Kier molecular flexibility index (Phi) is 6.91. The third-order valence-corrected chi connectivity index (χ3v) is 3.49. The van der Waals surface area contributed by atoms with Gasteiger partial charge in [-0.15, -0.1) is 6.58 Å². The maximum atomic E-state index is 10.3. The summed E-state index contributed by atoms with van der Waals surface area (Å²) in [5.74, 6) is 1.97. The number of para-hydroxylation sites is 1. The average molecular weight is 307 g/mol. The molecular formula is C18H29NO3. The minimum absolute atomic E-state index is 0.497. The molecule has 0 aliphatic heterocycles.